The number of hydrogen-bond acceptors (Lipinski definition) is 5. The molecule has 0 aromatic rings. The number of aliphatic hydroxyl groups is 1. The lowest BCUT2D eigenvalue weighted by Crippen LogP contribution is -2.17. The van der Waals surface area contributed by atoms with E-state index in [1.54, 1.807) is 0 Å². The SMILES string of the molecule is COC1=CC(=O)C(OCCO)=CC1=O. The van der Waals surface area contributed by atoms with Crippen molar-refractivity contribution >= 4 is 11.6 Å². The lowest BCUT2D eigenvalue weighted by Gasteiger charge is -2.11. The monoisotopic (exact) mass is 198 g/mol. The molecule has 76 valence electrons. The number of rotatable bonds is 4. The number of ketones is 2. The summed E-state index contributed by atoms with van der Waals surface area (Å²) in [5, 5.41) is 8.46. The molecule has 0 radical (unpaired) electrons. The zero-order valence-electron chi connectivity index (χ0n) is 7.65. The molecule has 1 aliphatic rings. The molecule has 1 aliphatic carbocycles. The Labute approximate surface area is 80.6 Å². The predicted octanol–water partition coefficient (Wildman–Crippen LogP) is -0.439. The number of aliphatic hydroxyl groups excluding tert-OH is 1. The van der Waals surface area contributed by atoms with Crippen LogP contribution in [-0.4, -0.2) is 37.0 Å². The van der Waals surface area contributed by atoms with Gasteiger partial charge in [0.05, 0.1) is 13.7 Å². The average molecular weight is 198 g/mol. The van der Waals surface area contributed by atoms with Crippen molar-refractivity contribution in [3.05, 3.63) is 23.7 Å². The molecule has 0 fully saturated rings. The number of allylic oxidation sites excluding steroid dienone is 2. The Morgan fingerprint density at radius 3 is 2.36 bits per heavy atom. The van der Waals surface area contributed by atoms with Crippen molar-refractivity contribution in [1.29, 1.82) is 0 Å². The van der Waals surface area contributed by atoms with Gasteiger partial charge < -0.3 is 14.6 Å². The van der Waals surface area contributed by atoms with E-state index in [9.17, 15) is 9.59 Å². The van der Waals surface area contributed by atoms with Crippen molar-refractivity contribution in [2.45, 2.75) is 0 Å². The van der Waals surface area contributed by atoms with Gasteiger partial charge in [0.25, 0.3) is 0 Å². The molecule has 5 nitrogen and oxygen atoms in total. The molecule has 0 atom stereocenters. The molecule has 0 spiro atoms. The van der Waals surface area contributed by atoms with Crippen LogP contribution in [0.15, 0.2) is 23.7 Å². The summed E-state index contributed by atoms with van der Waals surface area (Å²) in [6.45, 7) is -0.222. The molecule has 5 heteroatoms. The third kappa shape index (κ3) is 2.20. The molecule has 14 heavy (non-hydrogen) atoms. The summed E-state index contributed by atoms with van der Waals surface area (Å²) in [6, 6.07) is 0. The first kappa shape index (κ1) is 10.5. The van der Waals surface area contributed by atoms with Gasteiger partial charge >= 0.3 is 0 Å². The van der Waals surface area contributed by atoms with E-state index in [2.05, 4.69) is 4.74 Å². The Bertz CT molecular complexity index is 313. The molecule has 0 saturated heterocycles. The lowest BCUT2D eigenvalue weighted by atomic mass is 10.1. The second-order valence-electron chi connectivity index (χ2n) is 2.52. The van der Waals surface area contributed by atoms with Gasteiger partial charge in [0.2, 0.25) is 11.6 Å². The minimum Gasteiger partial charge on any atom is -0.493 e. The summed E-state index contributed by atoms with van der Waals surface area (Å²) in [5.41, 5.74) is 0. The molecule has 0 aromatic heterocycles. The molecule has 1 N–H and O–H groups in total. The summed E-state index contributed by atoms with van der Waals surface area (Å²) < 4.78 is 9.52. The Hall–Kier alpha value is -1.62. The molecule has 0 aliphatic heterocycles. The zero-order chi connectivity index (χ0) is 10.6. The summed E-state index contributed by atoms with van der Waals surface area (Å²) in [4.78, 5) is 22.4. The molecule has 0 aromatic carbocycles. The van der Waals surface area contributed by atoms with Crippen molar-refractivity contribution in [3.63, 3.8) is 0 Å². The Kier molecular flexibility index (Phi) is 3.41. The Balaban J connectivity index is 2.73. The molecule has 1 rings (SSSR count). The number of carbonyl (C=O) groups excluding carboxylic acids is 2. The van der Waals surface area contributed by atoms with E-state index in [1.165, 1.54) is 7.11 Å². The van der Waals surface area contributed by atoms with Crippen LogP contribution >= 0.6 is 0 Å². The molecule has 0 bridgehead atoms. The molecular formula is C9H10O5. The number of methoxy groups -OCH3 is 1. The molecule has 0 unspecified atom stereocenters. The number of carbonyl (C=O) groups is 2. The molecule has 0 heterocycles. The van der Waals surface area contributed by atoms with E-state index >= 15 is 0 Å². The third-order valence-electron chi connectivity index (χ3n) is 1.58. The smallest absolute Gasteiger partial charge is 0.224 e. The van der Waals surface area contributed by atoms with E-state index in [1.807, 2.05) is 0 Å². The van der Waals surface area contributed by atoms with Gasteiger partial charge in [-0.1, -0.05) is 0 Å². The highest BCUT2D eigenvalue weighted by molar-refractivity contribution is 6.18. The molecular weight excluding hydrogens is 188 g/mol. The first-order chi connectivity index (χ1) is 6.69. The van der Waals surface area contributed by atoms with E-state index in [4.69, 9.17) is 9.84 Å². The lowest BCUT2D eigenvalue weighted by molar-refractivity contribution is -0.119. The van der Waals surface area contributed by atoms with Crippen molar-refractivity contribution < 1.29 is 24.2 Å². The highest BCUT2D eigenvalue weighted by Gasteiger charge is 2.21. The third-order valence-corrected chi connectivity index (χ3v) is 1.58. The van der Waals surface area contributed by atoms with Gasteiger partial charge in [-0.05, 0) is 0 Å². The van der Waals surface area contributed by atoms with Gasteiger partial charge in [-0.3, -0.25) is 9.59 Å². The van der Waals surface area contributed by atoms with Crippen LogP contribution in [0.1, 0.15) is 0 Å². The second kappa shape index (κ2) is 4.57. The van der Waals surface area contributed by atoms with Gasteiger partial charge in [-0.15, -0.1) is 0 Å². The zero-order valence-corrected chi connectivity index (χ0v) is 7.65. The van der Waals surface area contributed by atoms with Crippen LogP contribution in [0.4, 0.5) is 0 Å². The fraction of sp³-hybridized carbons (Fsp3) is 0.333. The molecule has 0 saturated carbocycles. The van der Waals surface area contributed by atoms with Gasteiger partial charge in [-0.2, -0.15) is 0 Å². The first-order valence-electron chi connectivity index (χ1n) is 3.98. The van der Waals surface area contributed by atoms with Gasteiger partial charge in [0.1, 0.15) is 6.61 Å². The van der Waals surface area contributed by atoms with Crippen molar-refractivity contribution in [2.75, 3.05) is 20.3 Å². The normalized spacial score (nSPS) is 16.1. The maximum absolute atomic E-state index is 11.2. The van der Waals surface area contributed by atoms with Crippen LogP contribution in [0.5, 0.6) is 0 Å². The quantitative estimate of drug-likeness (QED) is 0.620. The van der Waals surface area contributed by atoms with Crippen LogP contribution in [0.25, 0.3) is 0 Å². The van der Waals surface area contributed by atoms with Crippen LogP contribution in [-0.2, 0) is 19.1 Å². The van der Waals surface area contributed by atoms with Gasteiger partial charge in [0.15, 0.2) is 11.5 Å². The highest BCUT2D eigenvalue weighted by atomic mass is 16.5. The van der Waals surface area contributed by atoms with E-state index in [-0.39, 0.29) is 24.7 Å². The Morgan fingerprint density at radius 1 is 1.21 bits per heavy atom. The van der Waals surface area contributed by atoms with Crippen molar-refractivity contribution in [1.82, 2.24) is 0 Å². The van der Waals surface area contributed by atoms with Gasteiger partial charge in [0, 0.05) is 12.2 Å². The fourth-order valence-electron chi connectivity index (χ4n) is 0.951. The first-order valence-corrected chi connectivity index (χ1v) is 3.98. The fourth-order valence-corrected chi connectivity index (χ4v) is 0.951. The van der Waals surface area contributed by atoms with E-state index in [0.717, 1.165) is 12.2 Å². The average Bonchev–Trinajstić information content (AvgIpc) is 2.18. The van der Waals surface area contributed by atoms with E-state index < -0.39 is 11.6 Å². The van der Waals surface area contributed by atoms with Crippen LogP contribution in [0.3, 0.4) is 0 Å². The largest absolute Gasteiger partial charge is 0.493 e. The van der Waals surface area contributed by atoms with Crippen molar-refractivity contribution in [3.8, 4) is 0 Å². The van der Waals surface area contributed by atoms with Crippen LogP contribution < -0.4 is 0 Å². The van der Waals surface area contributed by atoms with E-state index in [0.29, 0.717) is 0 Å². The summed E-state index contributed by atoms with van der Waals surface area (Å²) in [6.07, 6.45) is 2.12. The Morgan fingerprint density at radius 2 is 1.79 bits per heavy atom. The topological polar surface area (TPSA) is 72.8 Å². The minimum absolute atomic E-state index is 0.00801. The number of hydrogen-bond donors (Lipinski definition) is 1. The highest BCUT2D eigenvalue weighted by Crippen LogP contribution is 2.12. The summed E-state index contributed by atoms with van der Waals surface area (Å²) >= 11 is 0. The number of ether oxygens (including phenoxy) is 2. The predicted molar refractivity (Wildman–Crippen MR) is 46.2 cm³/mol. The standard InChI is InChI=1S/C9H10O5/c1-13-8-4-7(12)9(5-6(8)11)14-3-2-10/h4-5,10H,2-3H2,1H3. The molecule has 0 amide bonds. The maximum Gasteiger partial charge on any atom is 0.224 e. The second-order valence-corrected chi connectivity index (χ2v) is 2.52. The summed E-state index contributed by atoms with van der Waals surface area (Å²) in [5.74, 6) is -0.925. The maximum atomic E-state index is 11.2. The van der Waals surface area contributed by atoms with Gasteiger partial charge in [-0.25, -0.2) is 0 Å². The van der Waals surface area contributed by atoms with Crippen LogP contribution in [0.2, 0.25) is 0 Å². The summed E-state index contributed by atoms with van der Waals surface area (Å²) in [7, 11) is 1.31. The van der Waals surface area contributed by atoms with Crippen LogP contribution in [0, 0.1) is 0 Å². The van der Waals surface area contributed by atoms with Crippen molar-refractivity contribution in [2.24, 2.45) is 0 Å². The minimum atomic E-state index is -0.435.